The molecule has 5 heteroatoms. The third-order valence-corrected chi connectivity index (χ3v) is 3.71. The third-order valence-electron chi connectivity index (χ3n) is 3.71. The fourth-order valence-electron chi connectivity index (χ4n) is 2.61. The van der Waals surface area contributed by atoms with E-state index in [2.05, 4.69) is 4.98 Å². The minimum atomic E-state index is -1.01. The smallest absolute Gasteiger partial charge is 0.336 e. The monoisotopic (exact) mass is 323 g/mol. The van der Waals surface area contributed by atoms with Crippen molar-refractivity contribution in [1.29, 1.82) is 0 Å². The number of methoxy groups -OCH3 is 1. The molecule has 3 rings (SSSR count). The maximum absolute atomic E-state index is 11.7. The van der Waals surface area contributed by atoms with Crippen LogP contribution < -0.4 is 9.47 Å². The Kier molecular flexibility index (Phi) is 4.33. The van der Waals surface area contributed by atoms with Gasteiger partial charge in [-0.2, -0.15) is 0 Å². The Morgan fingerprint density at radius 2 is 1.96 bits per heavy atom. The molecule has 0 aliphatic rings. The molecule has 0 fully saturated rings. The molecule has 2 aromatic carbocycles. The number of fused-ring (bicyclic) bond motifs is 1. The lowest BCUT2D eigenvalue weighted by atomic mass is 10.0. The van der Waals surface area contributed by atoms with Crippen molar-refractivity contribution < 1.29 is 19.4 Å². The van der Waals surface area contributed by atoms with E-state index in [0.29, 0.717) is 34.7 Å². The molecule has 0 unspecified atom stereocenters. The molecule has 0 atom stereocenters. The van der Waals surface area contributed by atoms with Crippen LogP contribution >= 0.6 is 0 Å². The van der Waals surface area contributed by atoms with Gasteiger partial charge in [-0.15, -0.1) is 0 Å². The number of ether oxygens (including phenoxy) is 2. The van der Waals surface area contributed by atoms with Crippen molar-refractivity contribution in [2.24, 2.45) is 0 Å². The number of aromatic carboxylic acids is 1. The molecule has 0 saturated heterocycles. The second kappa shape index (κ2) is 6.58. The Morgan fingerprint density at radius 3 is 2.67 bits per heavy atom. The van der Waals surface area contributed by atoms with E-state index in [1.165, 1.54) is 0 Å². The van der Waals surface area contributed by atoms with E-state index < -0.39 is 5.97 Å². The van der Waals surface area contributed by atoms with Crippen molar-refractivity contribution in [3.05, 3.63) is 54.1 Å². The fraction of sp³-hybridized carbons (Fsp3) is 0.158. The lowest BCUT2D eigenvalue weighted by Gasteiger charge is -2.12. The molecule has 0 bridgehead atoms. The lowest BCUT2D eigenvalue weighted by Crippen LogP contribution is -2.01. The molecule has 0 spiro atoms. The molecule has 1 aromatic heterocycles. The van der Waals surface area contributed by atoms with Gasteiger partial charge in [0.05, 0.1) is 30.5 Å². The number of pyridine rings is 1. The van der Waals surface area contributed by atoms with Crippen LogP contribution in [0, 0.1) is 0 Å². The zero-order valence-corrected chi connectivity index (χ0v) is 13.4. The summed E-state index contributed by atoms with van der Waals surface area (Å²) in [7, 11) is 1.54. The number of carbonyl (C=O) groups is 1. The molecule has 24 heavy (non-hydrogen) atoms. The van der Waals surface area contributed by atoms with Gasteiger partial charge in [-0.25, -0.2) is 9.78 Å². The average molecular weight is 323 g/mol. The van der Waals surface area contributed by atoms with Crippen molar-refractivity contribution >= 4 is 16.9 Å². The first kappa shape index (κ1) is 15.8. The van der Waals surface area contributed by atoms with E-state index in [9.17, 15) is 9.90 Å². The second-order valence-electron chi connectivity index (χ2n) is 5.17. The van der Waals surface area contributed by atoms with Crippen LogP contribution in [0.15, 0.2) is 48.5 Å². The molecule has 1 heterocycles. The molecule has 122 valence electrons. The van der Waals surface area contributed by atoms with Gasteiger partial charge in [-0.05, 0) is 43.3 Å². The highest BCUT2D eigenvalue weighted by molar-refractivity contribution is 6.04. The Labute approximate surface area is 139 Å². The van der Waals surface area contributed by atoms with Crippen LogP contribution in [0.25, 0.3) is 22.2 Å². The van der Waals surface area contributed by atoms with E-state index in [0.717, 1.165) is 5.56 Å². The maximum atomic E-state index is 11.7. The number of para-hydroxylation sites is 1. The predicted octanol–water partition coefficient (Wildman–Crippen LogP) is 4.01. The van der Waals surface area contributed by atoms with Gasteiger partial charge in [-0.3, -0.25) is 0 Å². The molecule has 0 amide bonds. The van der Waals surface area contributed by atoms with Crippen molar-refractivity contribution in [2.75, 3.05) is 13.7 Å². The predicted molar refractivity (Wildman–Crippen MR) is 91.9 cm³/mol. The number of hydrogen-bond acceptors (Lipinski definition) is 4. The molecule has 0 radical (unpaired) electrons. The standard InChI is InChI=1S/C19H17NO4/c1-3-24-18-7-5-4-6-13(18)17-11-15(19(21)22)14-10-12(23-2)8-9-16(14)20-17/h4-11H,3H2,1-2H3,(H,21,22). The number of rotatable bonds is 5. The van der Waals surface area contributed by atoms with Gasteiger partial charge in [-0.1, -0.05) is 12.1 Å². The molecular weight excluding hydrogens is 306 g/mol. The Hall–Kier alpha value is -3.08. The van der Waals surface area contributed by atoms with Gasteiger partial charge in [0, 0.05) is 10.9 Å². The highest BCUT2D eigenvalue weighted by atomic mass is 16.5. The first-order chi connectivity index (χ1) is 11.6. The zero-order chi connectivity index (χ0) is 17.1. The summed E-state index contributed by atoms with van der Waals surface area (Å²) in [6.45, 7) is 2.42. The highest BCUT2D eigenvalue weighted by Gasteiger charge is 2.15. The van der Waals surface area contributed by atoms with E-state index >= 15 is 0 Å². The summed E-state index contributed by atoms with van der Waals surface area (Å²) < 4.78 is 10.8. The van der Waals surface area contributed by atoms with Gasteiger partial charge in [0.25, 0.3) is 0 Å². The number of aromatic nitrogens is 1. The minimum absolute atomic E-state index is 0.181. The summed E-state index contributed by atoms with van der Waals surface area (Å²) in [5.74, 6) is 0.261. The van der Waals surface area contributed by atoms with Crippen molar-refractivity contribution in [1.82, 2.24) is 4.98 Å². The average Bonchev–Trinajstić information content (AvgIpc) is 2.61. The van der Waals surface area contributed by atoms with Gasteiger partial charge in [0.15, 0.2) is 0 Å². The van der Waals surface area contributed by atoms with Crippen LogP contribution in [0.1, 0.15) is 17.3 Å². The summed E-state index contributed by atoms with van der Waals surface area (Å²) in [6, 6.07) is 14.2. The molecule has 1 N–H and O–H groups in total. The Morgan fingerprint density at radius 1 is 1.17 bits per heavy atom. The van der Waals surface area contributed by atoms with E-state index in [1.807, 2.05) is 31.2 Å². The summed E-state index contributed by atoms with van der Waals surface area (Å²) in [6.07, 6.45) is 0. The van der Waals surface area contributed by atoms with Crippen LogP contribution in [-0.4, -0.2) is 29.8 Å². The Balaban J connectivity index is 2.25. The topological polar surface area (TPSA) is 68.7 Å². The minimum Gasteiger partial charge on any atom is -0.497 e. The molecule has 0 aliphatic heterocycles. The summed E-state index contributed by atoms with van der Waals surface area (Å²) >= 11 is 0. The molecular formula is C19H17NO4. The van der Waals surface area contributed by atoms with Crippen LogP contribution in [0.2, 0.25) is 0 Å². The molecule has 3 aromatic rings. The summed E-state index contributed by atoms with van der Waals surface area (Å²) in [5.41, 5.74) is 2.10. The van der Waals surface area contributed by atoms with Crippen LogP contribution in [0.3, 0.4) is 0 Å². The number of benzene rings is 2. The van der Waals surface area contributed by atoms with Crippen molar-refractivity contribution in [2.45, 2.75) is 6.92 Å². The first-order valence-electron chi connectivity index (χ1n) is 7.58. The summed E-state index contributed by atoms with van der Waals surface area (Å²) in [5, 5.41) is 10.1. The van der Waals surface area contributed by atoms with Gasteiger partial charge < -0.3 is 14.6 Å². The fourth-order valence-corrected chi connectivity index (χ4v) is 2.61. The number of carboxylic acid groups (broad SMARTS) is 1. The number of hydrogen-bond donors (Lipinski definition) is 1. The van der Waals surface area contributed by atoms with Crippen LogP contribution in [0.5, 0.6) is 11.5 Å². The van der Waals surface area contributed by atoms with E-state index in [-0.39, 0.29) is 5.56 Å². The van der Waals surface area contributed by atoms with Crippen molar-refractivity contribution in [3.8, 4) is 22.8 Å². The molecule has 5 nitrogen and oxygen atoms in total. The largest absolute Gasteiger partial charge is 0.497 e. The molecule has 0 aliphatic carbocycles. The maximum Gasteiger partial charge on any atom is 0.336 e. The second-order valence-corrected chi connectivity index (χ2v) is 5.17. The molecule has 0 saturated carbocycles. The normalized spacial score (nSPS) is 10.6. The van der Waals surface area contributed by atoms with Crippen LogP contribution in [0.4, 0.5) is 0 Å². The van der Waals surface area contributed by atoms with Crippen LogP contribution in [-0.2, 0) is 0 Å². The van der Waals surface area contributed by atoms with E-state index in [1.54, 1.807) is 31.4 Å². The Bertz CT molecular complexity index is 905. The van der Waals surface area contributed by atoms with Gasteiger partial charge in [0.2, 0.25) is 0 Å². The number of nitrogens with zero attached hydrogens (tertiary/aromatic N) is 1. The van der Waals surface area contributed by atoms with Gasteiger partial charge >= 0.3 is 5.97 Å². The number of carboxylic acids is 1. The first-order valence-corrected chi connectivity index (χ1v) is 7.58. The highest BCUT2D eigenvalue weighted by Crippen LogP contribution is 2.32. The van der Waals surface area contributed by atoms with Gasteiger partial charge in [0.1, 0.15) is 11.5 Å². The van der Waals surface area contributed by atoms with Crippen molar-refractivity contribution in [3.63, 3.8) is 0 Å². The lowest BCUT2D eigenvalue weighted by molar-refractivity contribution is 0.0699. The zero-order valence-electron chi connectivity index (χ0n) is 13.4. The third kappa shape index (κ3) is 2.88. The summed E-state index contributed by atoms with van der Waals surface area (Å²) in [4.78, 5) is 16.3. The SMILES string of the molecule is CCOc1ccccc1-c1cc(C(=O)O)c2cc(OC)ccc2n1. The van der Waals surface area contributed by atoms with E-state index in [4.69, 9.17) is 9.47 Å². The quantitative estimate of drug-likeness (QED) is 0.768.